The Morgan fingerprint density at radius 2 is 1.94 bits per heavy atom. The molecule has 17 heavy (non-hydrogen) atoms. The minimum absolute atomic E-state index is 0.184. The van der Waals surface area contributed by atoms with Crippen molar-refractivity contribution in [1.29, 1.82) is 0 Å². The first-order chi connectivity index (χ1) is 8.15. The lowest BCUT2D eigenvalue weighted by atomic mass is 9.87. The van der Waals surface area contributed by atoms with Gasteiger partial charge in [0.15, 0.2) is 0 Å². The second-order valence-electron chi connectivity index (χ2n) is 4.97. The van der Waals surface area contributed by atoms with Crippen LogP contribution in [0.1, 0.15) is 31.7 Å². The summed E-state index contributed by atoms with van der Waals surface area (Å²) < 4.78 is 13.8. The van der Waals surface area contributed by atoms with E-state index in [1.807, 2.05) is 19.1 Å². The van der Waals surface area contributed by atoms with E-state index in [-0.39, 0.29) is 5.82 Å². The van der Waals surface area contributed by atoms with Gasteiger partial charge in [-0.15, -0.1) is 0 Å². The topological polar surface area (TPSA) is 29.3 Å². The average molecular weight is 236 g/mol. The third kappa shape index (κ3) is 2.67. The molecule has 1 fully saturated rings. The molecule has 0 spiro atoms. The standard InChI is InChI=1S/C14H21FN2/c1-2-14(16,11-17-9-5-6-10-17)12-7-3-4-8-13(12)15/h3-4,7-8H,2,5-6,9-11,16H2,1H3. The van der Waals surface area contributed by atoms with Gasteiger partial charge in [-0.2, -0.15) is 0 Å². The Morgan fingerprint density at radius 3 is 2.53 bits per heavy atom. The average Bonchev–Trinajstić information content (AvgIpc) is 2.82. The van der Waals surface area contributed by atoms with Crippen LogP contribution in [0.2, 0.25) is 0 Å². The van der Waals surface area contributed by atoms with Gasteiger partial charge in [-0.05, 0) is 38.4 Å². The largest absolute Gasteiger partial charge is 0.320 e. The van der Waals surface area contributed by atoms with Crippen LogP contribution in [0, 0.1) is 5.82 Å². The molecule has 0 saturated carbocycles. The molecule has 2 nitrogen and oxygen atoms in total. The number of benzene rings is 1. The number of nitrogens with zero attached hydrogens (tertiary/aromatic N) is 1. The van der Waals surface area contributed by atoms with Crippen molar-refractivity contribution in [3.63, 3.8) is 0 Å². The second kappa shape index (κ2) is 5.15. The Bertz CT molecular complexity index is 374. The normalized spacial score (nSPS) is 20.4. The van der Waals surface area contributed by atoms with Gasteiger partial charge in [0.2, 0.25) is 0 Å². The summed E-state index contributed by atoms with van der Waals surface area (Å²) in [6, 6.07) is 6.88. The first-order valence-electron chi connectivity index (χ1n) is 6.42. The van der Waals surface area contributed by atoms with Crippen molar-refractivity contribution < 1.29 is 4.39 Å². The zero-order chi connectivity index (χ0) is 12.3. The molecule has 0 radical (unpaired) electrons. The molecule has 1 aliphatic rings. The molecule has 1 aliphatic heterocycles. The Hall–Kier alpha value is -0.930. The van der Waals surface area contributed by atoms with E-state index in [0.29, 0.717) is 5.56 Å². The van der Waals surface area contributed by atoms with E-state index in [4.69, 9.17) is 5.73 Å². The fraction of sp³-hybridized carbons (Fsp3) is 0.571. The summed E-state index contributed by atoms with van der Waals surface area (Å²) in [4.78, 5) is 2.34. The molecule has 1 atom stereocenters. The summed E-state index contributed by atoms with van der Waals surface area (Å²) in [5, 5.41) is 0. The molecule has 0 aliphatic carbocycles. The van der Waals surface area contributed by atoms with E-state index < -0.39 is 5.54 Å². The van der Waals surface area contributed by atoms with Crippen molar-refractivity contribution in [3.8, 4) is 0 Å². The van der Waals surface area contributed by atoms with Crippen LogP contribution >= 0.6 is 0 Å². The van der Waals surface area contributed by atoms with E-state index in [1.165, 1.54) is 18.9 Å². The molecule has 1 aromatic rings. The molecule has 94 valence electrons. The highest BCUT2D eigenvalue weighted by molar-refractivity contribution is 5.26. The molecule has 0 aromatic heterocycles. The fourth-order valence-corrected chi connectivity index (χ4v) is 2.59. The second-order valence-corrected chi connectivity index (χ2v) is 4.97. The van der Waals surface area contributed by atoms with Gasteiger partial charge in [0, 0.05) is 12.1 Å². The molecule has 1 aromatic carbocycles. The Morgan fingerprint density at radius 1 is 1.29 bits per heavy atom. The Labute approximate surface area is 103 Å². The van der Waals surface area contributed by atoms with Crippen molar-refractivity contribution in [2.75, 3.05) is 19.6 Å². The number of rotatable bonds is 4. The minimum atomic E-state index is -0.560. The van der Waals surface area contributed by atoms with Crippen LogP contribution < -0.4 is 5.73 Å². The number of nitrogens with two attached hydrogens (primary N) is 1. The minimum Gasteiger partial charge on any atom is -0.320 e. The summed E-state index contributed by atoms with van der Waals surface area (Å²) in [7, 11) is 0. The third-order valence-electron chi connectivity index (χ3n) is 3.75. The lowest BCUT2D eigenvalue weighted by molar-refractivity contribution is 0.237. The predicted molar refractivity (Wildman–Crippen MR) is 68.2 cm³/mol. The molecule has 3 heteroatoms. The van der Waals surface area contributed by atoms with Crippen molar-refractivity contribution in [2.24, 2.45) is 5.73 Å². The zero-order valence-corrected chi connectivity index (χ0v) is 10.5. The maximum atomic E-state index is 13.8. The molecule has 1 heterocycles. The smallest absolute Gasteiger partial charge is 0.128 e. The van der Waals surface area contributed by atoms with E-state index in [9.17, 15) is 4.39 Å². The van der Waals surface area contributed by atoms with Crippen LogP contribution in [0.15, 0.2) is 24.3 Å². The molecule has 0 amide bonds. The summed E-state index contributed by atoms with van der Waals surface area (Å²) in [5.41, 5.74) is 6.51. The van der Waals surface area contributed by atoms with E-state index >= 15 is 0 Å². The Balaban J connectivity index is 2.20. The van der Waals surface area contributed by atoms with Crippen molar-refractivity contribution in [3.05, 3.63) is 35.6 Å². The van der Waals surface area contributed by atoms with Crippen LogP contribution in [-0.2, 0) is 5.54 Å². The number of hydrogen-bond donors (Lipinski definition) is 1. The highest BCUT2D eigenvalue weighted by atomic mass is 19.1. The number of likely N-dealkylation sites (tertiary alicyclic amines) is 1. The predicted octanol–water partition coefficient (Wildman–Crippen LogP) is 2.49. The monoisotopic (exact) mass is 236 g/mol. The van der Waals surface area contributed by atoms with Crippen LogP contribution in [0.5, 0.6) is 0 Å². The van der Waals surface area contributed by atoms with Crippen LogP contribution in [-0.4, -0.2) is 24.5 Å². The number of halogens is 1. The van der Waals surface area contributed by atoms with Crippen molar-refractivity contribution >= 4 is 0 Å². The molecular weight excluding hydrogens is 215 g/mol. The third-order valence-corrected chi connectivity index (χ3v) is 3.75. The summed E-state index contributed by atoms with van der Waals surface area (Å²) in [5.74, 6) is -0.184. The SMILES string of the molecule is CCC(N)(CN1CCCC1)c1ccccc1F. The molecule has 2 N–H and O–H groups in total. The quantitative estimate of drug-likeness (QED) is 0.870. The van der Waals surface area contributed by atoms with Gasteiger partial charge in [0.1, 0.15) is 5.82 Å². The van der Waals surface area contributed by atoms with E-state index in [2.05, 4.69) is 4.90 Å². The summed E-state index contributed by atoms with van der Waals surface area (Å²) in [6.45, 7) is 4.97. The zero-order valence-electron chi connectivity index (χ0n) is 10.5. The Kier molecular flexibility index (Phi) is 3.79. The van der Waals surface area contributed by atoms with Gasteiger partial charge in [-0.25, -0.2) is 4.39 Å². The highest BCUT2D eigenvalue weighted by Gasteiger charge is 2.31. The van der Waals surface area contributed by atoms with Gasteiger partial charge >= 0.3 is 0 Å². The van der Waals surface area contributed by atoms with Crippen LogP contribution in [0.3, 0.4) is 0 Å². The molecular formula is C14H21FN2. The van der Waals surface area contributed by atoms with Crippen LogP contribution in [0.4, 0.5) is 4.39 Å². The summed E-state index contributed by atoms with van der Waals surface area (Å²) in [6.07, 6.45) is 3.22. The van der Waals surface area contributed by atoms with Crippen molar-refractivity contribution in [2.45, 2.75) is 31.7 Å². The van der Waals surface area contributed by atoms with Crippen LogP contribution in [0.25, 0.3) is 0 Å². The first kappa shape index (κ1) is 12.5. The fourth-order valence-electron chi connectivity index (χ4n) is 2.59. The van der Waals surface area contributed by atoms with Gasteiger partial charge in [0.05, 0.1) is 5.54 Å². The highest BCUT2D eigenvalue weighted by Crippen LogP contribution is 2.27. The maximum Gasteiger partial charge on any atom is 0.128 e. The van der Waals surface area contributed by atoms with E-state index in [0.717, 1.165) is 26.1 Å². The van der Waals surface area contributed by atoms with E-state index in [1.54, 1.807) is 6.07 Å². The molecule has 0 bridgehead atoms. The molecule has 1 unspecified atom stereocenters. The first-order valence-corrected chi connectivity index (χ1v) is 6.42. The van der Waals surface area contributed by atoms with Gasteiger partial charge in [0.25, 0.3) is 0 Å². The van der Waals surface area contributed by atoms with Gasteiger partial charge in [-0.3, -0.25) is 0 Å². The number of hydrogen-bond acceptors (Lipinski definition) is 2. The van der Waals surface area contributed by atoms with Gasteiger partial charge in [-0.1, -0.05) is 25.1 Å². The van der Waals surface area contributed by atoms with Gasteiger partial charge < -0.3 is 10.6 Å². The maximum absolute atomic E-state index is 13.8. The lowest BCUT2D eigenvalue weighted by Gasteiger charge is -2.33. The molecule has 2 rings (SSSR count). The summed E-state index contributed by atoms with van der Waals surface area (Å²) >= 11 is 0. The van der Waals surface area contributed by atoms with Crippen molar-refractivity contribution in [1.82, 2.24) is 4.90 Å². The lowest BCUT2D eigenvalue weighted by Crippen LogP contribution is -2.47. The molecule has 1 saturated heterocycles.